The van der Waals surface area contributed by atoms with Gasteiger partial charge in [-0.05, 0) is 0 Å². The standard InChI is InChI=1S/C43H27N3Se/c1-4-12-28(13-5-1)36-20-11-21-38-37-25-22-32(27-39(37)47-40(36)38)34-19-10-18-31-26-33(23-24-35(31)34)43-45-41(29-14-6-2-7-15-29)44-42(46-43)30-16-8-3-9-17-30/h1-27H. The van der Waals surface area contributed by atoms with Gasteiger partial charge in [0.15, 0.2) is 0 Å². The number of hydrogen-bond acceptors (Lipinski definition) is 3. The van der Waals surface area contributed by atoms with Crippen LogP contribution in [0.25, 0.3) is 86.5 Å². The van der Waals surface area contributed by atoms with Crippen LogP contribution < -0.4 is 0 Å². The van der Waals surface area contributed by atoms with Crippen LogP contribution in [0.1, 0.15) is 0 Å². The smallest absolute Gasteiger partial charge is 0.0512 e. The van der Waals surface area contributed by atoms with Crippen molar-refractivity contribution in [2.75, 3.05) is 0 Å². The van der Waals surface area contributed by atoms with Crippen LogP contribution in [-0.2, 0) is 0 Å². The Kier molecular flexibility index (Phi) is 6.82. The molecule has 0 aliphatic heterocycles. The SMILES string of the molecule is c1ccc(-c2nc(-c3ccccc3)nc(-c3ccc4c(-c5ccc6c(c5)[se]c5c(-c7ccccc7)cccc56)cccc4c3)n2)cc1. The molecule has 0 aliphatic rings. The summed E-state index contributed by atoms with van der Waals surface area (Å²) in [7, 11) is 0. The molecule has 0 saturated heterocycles. The van der Waals surface area contributed by atoms with Crippen molar-refractivity contribution in [3.05, 3.63) is 164 Å². The van der Waals surface area contributed by atoms with Crippen LogP contribution >= 0.6 is 0 Å². The van der Waals surface area contributed by atoms with Gasteiger partial charge in [-0.25, -0.2) is 0 Å². The number of nitrogens with zero attached hydrogens (tertiary/aromatic N) is 3. The maximum absolute atomic E-state index is 4.95. The Bertz CT molecular complexity index is 2500. The van der Waals surface area contributed by atoms with Crippen LogP contribution in [-0.4, -0.2) is 29.5 Å². The molecule has 0 spiro atoms. The predicted octanol–water partition coefficient (Wildman–Crippen LogP) is 10.7. The van der Waals surface area contributed by atoms with Crippen molar-refractivity contribution in [2.45, 2.75) is 0 Å². The normalized spacial score (nSPS) is 11.4. The second-order valence-electron chi connectivity index (χ2n) is 11.6. The molecule has 2 heterocycles. The largest absolute Gasteiger partial charge is 0.0615 e. The minimum Gasteiger partial charge on any atom is -0.0615 e. The Balaban J connectivity index is 1.15. The van der Waals surface area contributed by atoms with Gasteiger partial charge in [0.05, 0.1) is 0 Å². The molecule has 0 radical (unpaired) electrons. The van der Waals surface area contributed by atoms with Crippen LogP contribution in [0.3, 0.4) is 0 Å². The first kappa shape index (κ1) is 27.6. The quantitative estimate of drug-likeness (QED) is 0.172. The van der Waals surface area contributed by atoms with Gasteiger partial charge in [0.1, 0.15) is 0 Å². The van der Waals surface area contributed by atoms with E-state index in [0.29, 0.717) is 17.5 Å². The maximum atomic E-state index is 4.95. The predicted molar refractivity (Wildman–Crippen MR) is 196 cm³/mol. The molecule has 220 valence electrons. The van der Waals surface area contributed by atoms with E-state index >= 15 is 0 Å². The molecule has 0 fully saturated rings. The first-order valence-electron chi connectivity index (χ1n) is 15.7. The summed E-state index contributed by atoms with van der Waals surface area (Å²) < 4.78 is 2.91. The van der Waals surface area contributed by atoms with Crippen molar-refractivity contribution in [1.29, 1.82) is 0 Å². The summed E-state index contributed by atoms with van der Waals surface area (Å²) >= 11 is 0.233. The summed E-state index contributed by atoms with van der Waals surface area (Å²) in [6, 6.07) is 57.9. The number of hydrogen-bond donors (Lipinski definition) is 0. The second kappa shape index (κ2) is 11.6. The third-order valence-electron chi connectivity index (χ3n) is 8.73. The summed E-state index contributed by atoms with van der Waals surface area (Å²) in [4.78, 5) is 14.8. The Morgan fingerprint density at radius 1 is 0.340 bits per heavy atom. The number of fused-ring (bicyclic) bond motifs is 4. The van der Waals surface area contributed by atoms with Crippen molar-refractivity contribution in [1.82, 2.24) is 15.0 Å². The Morgan fingerprint density at radius 3 is 1.57 bits per heavy atom. The molecule has 9 rings (SSSR count). The van der Waals surface area contributed by atoms with E-state index in [1.165, 1.54) is 46.9 Å². The van der Waals surface area contributed by atoms with E-state index in [1.807, 2.05) is 60.7 Å². The fraction of sp³-hybridized carbons (Fsp3) is 0. The van der Waals surface area contributed by atoms with E-state index in [2.05, 4.69) is 103 Å². The van der Waals surface area contributed by atoms with Gasteiger partial charge in [-0.15, -0.1) is 0 Å². The van der Waals surface area contributed by atoms with Crippen LogP contribution in [0.15, 0.2) is 164 Å². The van der Waals surface area contributed by atoms with Crippen molar-refractivity contribution in [3.63, 3.8) is 0 Å². The summed E-state index contributed by atoms with van der Waals surface area (Å²) in [5.41, 5.74) is 8.01. The van der Waals surface area contributed by atoms with E-state index in [1.54, 1.807) is 0 Å². The number of rotatable bonds is 5. The van der Waals surface area contributed by atoms with E-state index < -0.39 is 0 Å². The Hall–Kier alpha value is -5.67. The van der Waals surface area contributed by atoms with Crippen LogP contribution in [0, 0.1) is 0 Å². The summed E-state index contributed by atoms with van der Waals surface area (Å²) in [5.74, 6) is 2.00. The fourth-order valence-corrected chi connectivity index (χ4v) is 9.10. The molecule has 0 unspecified atom stereocenters. The van der Waals surface area contributed by atoms with Gasteiger partial charge in [0.2, 0.25) is 0 Å². The molecule has 4 heteroatoms. The fourth-order valence-electron chi connectivity index (χ4n) is 6.42. The number of aromatic nitrogens is 3. The van der Waals surface area contributed by atoms with Gasteiger partial charge in [-0.2, -0.15) is 0 Å². The van der Waals surface area contributed by atoms with Crippen LogP contribution in [0.2, 0.25) is 0 Å². The molecule has 0 atom stereocenters. The first-order chi connectivity index (χ1) is 23.3. The molecule has 9 aromatic rings. The van der Waals surface area contributed by atoms with E-state index in [-0.39, 0.29) is 14.5 Å². The zero-order valence-corrected chi connectivity index (χ0v) is 27.1. The minimum absolute atomic E-state index is 0.233. The topological polar surface area (TPSA) is 38.7 Å². The van der Waals surface area contributed by atoms with Gasteiger partial charge in [-0.3, -0.25) is 0 Å². The van der Waals surface area contributed by atoms with E-state index in [0.717, 1.165) is 22.1 Å². The van der Waals surface area contributed by atoms with Crippen molar-refractivity contribution in [2.24, 2.45) is 0 Å². The van der Waals surface area contributed by atoms with Crippen molar-refractivity contribution >= 4 is 44.6 Å². The molecule has 0 aliphatic carbocycles. The molecular weight excluding hydrogens is 637 g/mol. The van der Waals surface area contributed by atoms with Crippen LogP contribution in [0.4, 0.5) is 0 Å². The summed E-state index contributed by atoms with van der Waals surface area (Å²) in [5, 5.41) is 5.10. The molecule has 3 nitrogen and oxygen atoms in total. The molecule has 0 saturated carbocycles. The average molecular weight is 665 g/mol. The Morgan fingerprint density at radius 2 is 0.894 bits per heavy atom. The minimum atomic E-state index is 0.233. The average Bonchev–Trinajstić information content (AvgIpc) is 3.53. The zero-order chi connectivity index (χ0) is 31.2. The maximum Gasteiger partial charge on any atom is -0.0512 e. The summed E-state index contributed by atoms with van der Waals surface area (Å²) in [6.07, 6.45) is 0. The van der Waals surface area contributed by atoms with Gasteiger partial charge in [0, 0.05) is 0 Å². The summed E-state index contributed by atoms with van der Waals surface area (Å²) in [6.45, 7) is 0. The first-order valence-corrected chi connectivity index (χ1v) is 17.4. The Labute approximate surface area is 278 Å². The van der Waals surface area contributed by atoms with Crippen molar-refractivity contribution in [3.8, 4) is 56.4 Å². The molecule has 0 N–H and O–H groups in total. The third kappa shape index (κ3) is 5.05. The third-order valence-corrected chi connectivity index (χ3v) is 11.3. The zero-order valence-electron chi connectivity index (χ0n) is 25.3. The molecule has 0 amide bonds. The van der Waals surface area contributed by atoms with Gasteiger partial charge >= 0.3 is 219 Å². The number of benzene rings is 7. The van der Waals surface area contributed by atoms with E-state index in [4.69, 9.17) is 15.0 Å². The van der Waals surface area contributed by atoms with E-state index in [9.17, 15) is 0 Å². The van der Waals surface area contributed by atoms with Gasteiger partial charge < -0.3 is 0 Å². The molecule has 47 heavy (non-hydrogen) atoms. The van der Waals surface area contributed by atoms with Crippen molar-refractivity contribution < 1.29 is 0 Å². The monoisotopic (exact) mass is 665 g/mol. The molecule has 7 aromatic carbocycles. The molecule has 2 aromatic heterocycles. The molecule has 0 bridgehead atoms. The van der Waals surface area contributed by atoms with Gasteiger partial charge in [0.25, 0.3) is 0 Å². The molecular formula is C43H27N3Se. The van der Waals surface area contributed by atoms with Crippen LogP contribution in [0.5, 0.6) is 0 Å². The van der Waals surface area contributed by atoms with Gasteiger partial charge in [-0.1, -0.05) is 60.7 Å². The second-order valence-corrected chi connectivity index (χ2v) is 13.8.